The van der Waals surface area contributed by atoms with Crippen LogP contribution < -0.4 is 32.5 Å². The summed E-state index contributed by atoms with van der Waals surface area (Å²) >= 11 is 12.8. The standard InChI is InChI=1S/C9H8N8O2S.C9H12N2O5S.C7H6N4O2.C6H12N3PS.C6H8O7.C5H5N5S/c1-16-3-13-6(17(18)19)8(16)20-7-4-5(12-2-11-4)14-9(10)15-7;10-8(15)3-2-17-9(11-3)7-6(14)5(13)4(1-12)16-7;8-7-9-11(13)6-4-2-1-3-5(6)10(7)12;11-10(7-1-2-7,8-3-4-8)9-5-6-9;7-3(8)1-6(13,5(11)12)2-4(9)10;6-5-9-3-2(4(11)10-5)7-1-8-3/h2-3H,1H3,(H3,10,11,12,14,15);2,4-7,12-14H,1H2,(H2,10,15);1-4H,(H2,8,9);1-6H2;13H,1-2H2,(H,7,8)(H,9,10)(H,11,12);1H,(H4,6,7,8,9,10,11)/t;4-,5-,6-,7-;;;;/m.1..../s1. The van der Waals surface area contributed by atoms with Crippen LogP contribution in [-0.4, -0.2) is 208 Å². The number of hydrogen-bond acceptors (Lipinski definition) is 28. The van der Waals surface area contributed by atoms with Gasteiger partial charge in [-0.25, -0.2) is 48.5 Å². The number of carboxylic acids is 3. The third-order valence-electron chi connectivity index (χ3n) is 11.8. The highest BCUT2D eigenvalue weighted by molar-refractivity contribution is 8.11. The van der Waals surface area contributed by atoms with E-state index in [9.17, 15) is 49.9 Å². The van der Waals surface area contributed by atoms with Gasteiger partial charge in [-0.1, -0.05) is 24.4 Å². The summed E-state index contributed by atoms with van der Waals surface area (Å²) in [6.45, 7) is 5.86. The first kappa shape index (κ1) is 64.2. The van der Waals surface area contributed by atoms with E-state index < -0.39 is 84.7 Å². The zero-order valence-electron chi connectivity index (χ0n) is 43.7. The summed E-state index contributed by atoms with van der Waals surface area (Å²) in [5.41, 5.74) is 21.4. The van der Waals surface area contributed by atoms with Crippen LogP contribution in [0.1, 0.15) is 34.4 Å². The first-order chi connectivity index (χ1) is 40.2. The highest BCUT2D eigenvalue weighted by Crippen LogP contribution is 2.65. The summed E-state index contributed by atoms with van der Waals surface area (Å²) in [6, 6.07) is 6.31. The minimum absolute atomic E-state index is 0.0527. The van der Waals surface area contributed by atoms with Crippen molar-refractivity contribution in [2.45, 2.75) is 52.9 Å². The zero-order valence-corrected chi connectivity index (χ0v) is 47.9. The molecule has 4 aliphatic rings. The molecule has 0 spiro atoms. The molecule has 11 heterocycles. The number of H-pyrrole nitrogens is 3. The smallest absolute Gasteiger partial charge is 0.458 e. The van der Waals surface area contributed by atoms with Crippen molar-refractivity contribution in [3.05, 3.63) is 84.5 Å². The van der Waals surface area contributed by atoms with Crippen molar-refractivity contribution in [1.82, 2.24) is 73.5 Å². The van der Waals surface area contributed by atoms with Crippen LogP contribution in [-0.2, 0) is 38.0 Å². The number of aliphatic carboxylic acids is 3. The van der Waals surface area contributed by atoms with Gasteiger partial charge in [-0.15, -0.1) is 11.3 Å². The first-order valence-corrected chi connectivity index (χ1v) is 28.9. The Morgan fingerprint density at radius 3 is 2.02 bits per heavy atom. The number of aryl methyl sites for hydroxylation is 1. The van der Waals surface area contributed by atoms with Crippen LogP contribution >= 0.6 is 41.8 Å². The van der Waals surface area contributed by atoms with Gasteiger partial charge in [-0.3, -0.25) is 20.1 Å². The van der Waals surface area contributed by atoms with Crippen LogP contribution in [0.3, 0.4) is 0 Å². The molecule has 18 N–H and O–H groups in total. The summed E-state index contributed by atoms with van der Waals surface area (Å²) in [7, 11) is 1.66. The summed E-state index contributed by atoms with van der Waals surface area (Å²) in [5, 5.41) is 101. The van der Waals surface area contributed by atoms with E-state index in [0.29, 0.717) is 51.6 Å². The molecule has 43 heteroatoms. The molecule has 4 saturated heterocycles. The Labute approximate surface area is 493 Å². The van der Waals surface area contributed by atoms with Crippen LogP contribution in [0.4, 0.5) is 23.7 Å². The Balaban J connectivity index is 0.000000148. The number of rotatable bonds is 14. The summed E-state index contributed by atoms with van der Waals surface area (Å²) < 4.78 is 15.1. The monoisotopic (exact) mass is 1280 g/mol. The van der Waals surface area contributed by atoms with Gasteiger partial charge in [0.15, 0.2) is 32.1 Å². The second-order valence-electron chi connectivity index (χ2n) is 17.9. The van der Waals surface area contributed by atoms with E-state index in [1.165, 1.54) is 75.8 Å². The van der Waals surface area contributed by atoms with Crippen LogP contribution in [0.5, 0.6) is 0 Å². The number of imidazole rings is 3. The number of aliphatic hydroxyl groups excluding tert-OH is 3. The third-order valence-corrected chi connectivity index (χ3v) is 19.6. The normalized spacial score (nSPS) is 18.0. The minimum atomic E-state index is -2.74. The lowest BCUT2D eigenvalue weighted by Crippen LogP contribution is -2.44. The number of fused-ring (bicyclic) bond motifs is 3. The molecule has 0 saturated carbocycles. The molecule has 12 rings (SSSR count). The van der Waals surface area contributed by atoms with Gasteiger partial charge in [0.25, 0.3) is 11.4 Å². The summed E-state index contributed by atoms with van der Waals surface area (Å²) in [5.74, 6) is -5.93. The van der Waals surface area contributed by atoms with Crippen LogP contribution in [0.25, 0.3) is 33.4 Å². The molecule has 0 radical (unpaired) electrons. The molecule has 4 fully saturated rings. The number of hydrogen-bond donors (Lipinski definition) is 14. The number of ether oxygens (including phenoxy) is 1. The maximum absolute atomic E-state index is 11.3. The minimum Gasteiger partial charge on any atom is -0.739 e. The molecule has 0 unspecified atom stereocenters. The molecule has 38 nitrogen and oxygen atoms in total. The number of amides is 1. The van der Waals surface area contributed by atoms with Gasteiger partial charge in [0, 0.05) is 62.6 Å². The van der Waals surface area contributed by atoms with E-state index in [4.69, 9.17) is 77.2 Å². The van der Waals surface area contributed by atoms with Gasteiger partial charge in [-0.2, -0.15) is 4.98 Å². The Kier molecular flexibility index (Phi) is 20.5. The van der Waals surface area contributed by atoms with Crippen molar-refractivity contribution < 1.29 is 74.2 Å². The van der Waals surface area contributed by atoms with Gasteiger partial charge < -0.3 is 97.7 Å². The zero-order chi connectivity index (χ0) is 62.2. The van der Waals surface area contributed by atoms with Crippen molar-refractivity contribution in [1.29, 1.82) is 0 Å². The number of benzene rings is 1. The third kappa shape index (κ3) is 15.7. The molecule has 4 aliphatic heterocycles. The number of nitrogens with one attached hydrogen (secondary N) is 3. The van der Waals surface area contributed by atoms with Crippen molar-refractivity contribution in [3.8, 4) is 0 Å². The Morgan fingerprint density at radius 1 is 0.906 bits per heavy atom. The van der Waals surface area contributed by atoms with Gasteiger partial charge in [0.05, 0.1) is 32.1 Å². The van der Waals surface area contributed by atoms with E-state index in [1.54, 1.807) is 23.7 Å². The molecular weight excluding hydrogens is 1230 g/mol. The number of aromatic nitrogens is 14. The average molecular weight is 1280 g/mol. The van der Waals surface area contributed by atoms with E-state index in [2.05, 4.69) is 68.9 Å². The summed E-state index contributed by atoms with van der Waals surface area (Å²) in [6.07, 6.45) is -1.97. The number of nitrogen functional groups attached to an aromatic ring is 3. The fourth-order valence-electron chi connectivity index (χ4n) is 7.41. The number of aliphatic hydroxyl groups is 4. The maximum atomic E-state index is 11.3. The number of aromatic amines is 3. The van der Waals surface area contributed by atoms with Crippen LogP contribution in [0.15, 0.2) is 58.7 Å². The molecule has 85 heavy (non-hydrogen) atoms. The number of para-hydroxylation sites is 2. The molecular formula is C42H51N22O16PS4. The second kappa shape index (κ2) is 27.1. The van der Waals surface area contributed by atoms with E-state index >= 15 is 0 Å². The number of primary amides is 1. The predicted molar refractivity (Wildman–Crippen MR) is 301 cm³/mol. The fourth-order valence-corrected chi connectivity index (χ4v) is 13.9. The van der Waals surface area contributed by atoms with E-state index in [0.717, 1.165) is 23.1 Å². The number of carbonyl (C=O) groups excluding carboxylic acids is 1. The number of carbonyl (C=O) groups is 4. The van der Waals surface area contributed by atoms with Crippen molar-refractivity contribution in [2.24, 2.45) is 12.8 Å². The number of thiazole rings is 1. The van der Waals surface area contributed by atoms with Gasteiger partial charge in [0.2, 0.25) is 23.3 Å². The average Bonchev–Trinajstić information content (AvgIpc) is 1.69. The molecule has 0 bridgehead atoms. The van der Waals surface area contributed by atoms with Crippen molar-refractivity contribution >= 4 is 134 Å². The Hall–Kier alpha value is -8.39. The molecule has 454 valence electrons. The SMILES string of the molecule is Cn1cnc([N+](=O)[O-])c1Sc1nc(N)nc2nc[nH]c12.NC(=O)c1csc([C@@H]2O[C@H](CO)[C@@H](O)[C@H]2O)n1.Nc1n[n+]([O-])c2ccccc2[n+]1[O-].Nc1nc(=S)c2[nH]cnc2[nH]1.O=C(O)CC(O)(CC(=O)O)C(=O)O.S=P(N1CC1)(N1CC1)N1CC1. The first-order valence-electron chi connectivity index (χ1n) is 24.2. The maximum Gasteiger partial charge on any atom is 0.458 e. The number of nitrogens with two attached hydrogens (primary N) is 4. The summed E-state index contributed by atoms with van der Waals surface area (Å²) in [4.78, 5) is 88.1. The molecule has 0 aliphatic carbocycles. The lowest BCUT2D eigenvalue weighted by molar-refractivity contribution is -0.672. The lowest BCUT2D eigenvalue weighted by atomic mass is 9.96. The fraction of sp³-hybridized carbons (Fsp3) is 0.357. The molecule has 1 aromatic carbocycles. The van der Waals surface area contributed by atoms with E-state index in [1.807, 2.05) is 0 Å². The molecule has 8 aromatic rings. The molecule has 4 atom stereocenters. The van der Waals surface area contributed by atoms with Gasteiger partial charge >= 0.3 is 29.7 Å². The Morgan fingerprint density at radius 2 is 1.49 bits per heavy atom. The van der Waals surface area contributed by atoms with E-state index in [-0.39, 0.29) is 40.4 Å². The molecule has 7 aromatic heterocycles. The number of carboxylic acid groups (broad SMARTS) is 3. The largest absolute Gasteiger partial charge is 0.739 e. The number of anilines is 3. The topological polar surface area (TPSA) is 585 Å². The highest BCUT2D eigenvalue weighted by atomic mass is 32.4. The predicted octanol–water partition coefficient (Wildman–Crippen LogP) is -2.29. The lowest BCUT2D eigenvalue weighted by Gasteiger charge is -2.25. The van der Waals surface area contributed by atoms with Gasteiger partial charge in [-0.05, 0) is 39.5 Å². The number of nitrogens with zero attached hydrogens (tertiary/aromatic N) is 15. The molecule has 1 amide bonds. The van der Waals surface area contributed by atoms with Crippen LogP contribution in [0.2, 0.25) is 0 Å². The van der Waals surface area contributed by atoms with Crippen molar-refractivity contribution in [3.63, 3.8) is 0 Å². The van der Waals surface area contributed by atoms with Gasteiger partial charge in [0.1, 0.15) is 57.7 Å². The Bertz CT molecular complexity index is 3820. The highest BCUT2D eigenvalue weighted by Gasteiger charge is 2.51. The second-order valence-corrected chi connectivity index (χ2v) is 24.4. The van der Waals surface area contributed by atoms with Crippen molar-refractivity contribution in [2.75, 3.05) is 63.1 Å². The van der Waals surface area contributed by atoms with Crippen LogP contribution in [0, 0.1) is 25.2 Å². The number of nitro groups is 1. The quantitative estimate of drug-likeness (QED) is 0.00797.